The van der Waals surface area contributed by atoms with Crippen molar-refractivity contribution in [2.24, 2.45) is 0 Å². The molecule has 2 aromatic rings. The molecule has 3 heteroatoms. The van der Waals surface area contributed by atoms with E-state index in [4.69, 9.17) is 0 Å². The predicted molar refractivity (Wildman–Crippen MR) is 96.4 cm³/mol. The van der Waals surface area contributed by atoms with E-state index in [2.05, 4.69) is 69.0 Å². The Bertz CT molecular complexity index is 620. The minimum atomic E-state index is 0.157. The summed E-state index contributed by atoms with van der Waals surface area (Å²) >= 11 is 1.91. The number of hydrogen-bond acceptors (Lipinski definition) is 2. The Morgan fingerprint density at radius 1 is 1.19 bits per heavy atom. The van der Waals surface area contributed by atoms with Crippen LogP contribution in [0.1, 0.15) is 37.6 Å². The maximum Gasteiger partial charge on any atom is 0.0485 e. The zero-order valence-electron chi connectivity index (χ0n) is 14.2. The van der Waals surface area contributed by atoms with Crippen LogP contribution in [0.5, 0.6) is 0 Å². The Hall–Kier alpha value is -0.930. The van der Waals surface area contributed by atoms with E-state index in [1.54, 1.807) is 0 Å². The van der Waals surface area contributed by atoms with Crippen LogP contribution in [0, 0.1) is 13.8 Å². The van der Waals surface area contributed by atoms with Crippen LogP contribution in [0.15, 0.2) is 18.2 Å². The number of fused-ring (bicyclic) bond motifs is 1. The lowest BCUT2D eigenvalue weighted by Crippen LogP contribution is -2.35. The molecule has 0 bridgehead atoms. The summed E-state index contributed by atoms with van der Waals surface area (Å²) in [6.45, 7) is 13.1. The minimum absolute atomic E-state index is 0.157. The zero-order chi connectivity index (χ0) is 15.6. The molecule has 0 radical (unpaired) electrons. The molecule has 1 N–H and O–H groups in total. The highest BCUT2D eigenvalue weighted by molar-refractivity contribution is 7.98. The molecule has 0 amide bonds. The summed E-state index contributed by atoms with van der Waals surface area (Å²) in [7, 11) is 0. The van der Waals surface area contributed by atoms with E-state index in [1.807, 2.05) is 11.8 Å². The summed E-state index contributed by atoms with van der Waals surface area (Å²) < 4.78 is 2.46. The van der Waals surface area contributed by atoms with Crippen molar-refractivity contribution in [2.75, 3.05) is 12.0 Å². The Morgan fingerprint density at radius 3 is 2.52 bits per heavy atom. The number of aromatic nitrogens is 1. The maximum absolute atomic E-state index is 3.57. The van der Waals surface area contributed by atoms with Gasteiger partial charge in [0.1, 0.15) is 0 Å². The molecule has 0 fully saturated rings. The molecule has 116 valence electrons. The maximum atomic E-state index is 3.57. The third-order valence-corrected chi connectivity index (χ3v) is 4.64. The summed E-state index contributed by atoms with van der Waals surface area (Å²) in [6.07, 6.45) is 2.17. The topological polar surface area (TPSA) is 17.0 Å². The van der Waals surface area contributed by atoms with Crippen LogP contribution in [-0.2, 0) is 13.1 Å². The molecule has 2 rings (SSSR count). The Kier molecular flexibility index (Phi) is 5.05. The van der Waals surface area contributed by atoms with E-state index in [0.29, 0.717) is 0 Å². The van der Waals surface area contributed by atoms with Crippen molar-refractivity contribution in [1.82, 2.24) is 9.88 Å². The number of rotatable bonds is 5. The van der Waals surface area contributed by atoms with Crippen LogP contribution in [0.25, 0.3) is 10.9 Å². The molecule has 0 saturated heterocycles. The van der Waals surface area contributed by atoms with E-state index in [1.165, 1.54) is 27.7 Å². The predicted octanol–water partition coefficient (Wildman–Crippen LogP) is 4.51. The van der Waals surface area contributed by atoms with E-state index in [-0.39, 0.29) is 5.54 Å². The first-order chi connectivity index (χ1) is 9.83. The molecule has 1 heterocycles. The molecular formula is C18H28N2S. The second kappa shape index (κ2) is 6.45. The van der Waals surface area contributed by atoms with Crippen molar-refractivity contribution in [3.8, 4) is 0 Å². The van der Waals surface area contributed by atoms with Gasteiger partial charge in [-0.1, -0.05) is 6.07 Å². The van der Waals surface area contributed by atoms with Gasteiger partial charge in [-0.05, 0) is 64.1 Å². The number of thioether (sulfide) groups is 1. The summed E-state index contributed by atoms with van der Waals surface area (Å²) in [4.78, 5) is 0. The first-order valence-corrected chi connectivity index (χ1v) is 9.05. The van der Waals surface area contributed by atoms with Gasteiger partial charge in [0.2, 0.25) is 0 Å². The Labute approximate surface area is 133 Å². The van der Waals surface area contributed by atoms with Crippen molar-refractivity contribution in [2.45, 2.75) is 53.2 Å². The van der Waals surface area contributed by atoms with E-state index >= 15 is 0 Å². The summed E-state index contributed by atoms with van der Waals surface area (Å²) in [5.41, 5.74) is 5.72. The molecule has 0 atom stereocenters. The fraction of sp³-hybridized carbons (Fsp3) is 0.556. The van der Waals surface area contributed by atoms with Gasteiger partial charge in [0.25, 0.3) is 0 Å². The molecule has 0 aliphatic rings. The fourth-order valence-corrected chi connectivity index (χ4v) is 3.01. The van der Waals surface area contributed by atoms with Gasteiger partial charge < -0.3 is 9.88 Å². The molecule has 0 aliphatic carbocycles. The Balaban J connectivity index is 2.33. The van der Waals surface area contributed by atoms with Crippen LogP contribution in [0.4, 0.5) is 0 Å². The van der Waals surface area contributed by atoms with Crippen molar-refractivity contribution in [3.05, 3.63) is 35.0 Å². The van der Waals surface area contributed by atoms with Gasteiger partial charge in [0.05, 0.1) is 0 Å². The summed E-state index contributed by atoms with van der Waals surface area (Å²) in [5.74, 6) is 1.16. The lowest BCUT2D eigenvalue weighted by Gasteiger charge is -2.20. The van der Waals surface area contributed by atoms with E-state index in [0.717, 1.165) is 18.8 Å². The second-order valence-electron chi connectivity index (χ2n) is 6.81. The standard InChI is InChI=1S/C18H28N2S/c1-13-14(2)20(9-10-21-6)17-8-7-15(11-16(13)17)12-19-18(3,4)5/h7-8,11,19H,9-10,12H2,1-6H3. The largest absolute Gasteiger partial charge is 0.344 e. The first kappa shape index (κ1) is 16.4. The monoisotopic (exact) mass is 304 g/mol. The first-order valence-electron chi connectivity index (χ1n) is 7.66. The molecule has 21 heavy (non-hydrogen) atoms. The number of nitrogens with one attached hydrogen (secondary N) is 1. The van der Waals surface area contributed by atoms with Gasteiger partial charge in [-0.2, -0.15) is 11.8 Å². The molecule has 1 aromatic heterocycles. The summed E-state index contributed by atoms with van der Waals surface area (Å²) in [5, 5.41) is 4.97. The van der Waals surface area contributed by atoms with Gasteiger partial charge >= 0.3 is 0 Å². The van der Waals surface area contributed by atoms with Gasteiger partial charge in [0, 0.05) is 41.0 Å². The fourth-order valence-electron chi connectivity index (χ4n) is 2.64. The third-order valence-electron chi connectivity index (χ3n) is 4.05. The van der Waals surface area contributed by atoms with Crippen LogP contribution < -0.4 is 5.32 Å². The lowest BCUT2D eigenvalue weighted by molar-refractivity contribution is 0.424. The number of hydrogen-bond donors (Lipinski definition) is 1. The van der Waals surface area contributed by atoms with Crippen molar-refractivity contribution >= 4 is 22.7 Å². The number of aryl methyl sites for hydroxylation is 2. The summed E-state index contributed by atoms with van der Waals surface area (Å²) in [6, 6.07) is 6.90. The molecule has 0 aliphatic heterocycles. The minimum Gasteiger partial charge on any atom is -0.344 e. The van der Waals surface area contributed by atoms with Crippen molar-refractivity contribution < 1.29 is 0 Å². The number of benzene rings is 1. The molecule has 2 nitrogen and oxygen atoms in total. The number of nitrogens with zero attached hydrogens (tertiary/aromatic N) is 1. The average Bonchev–Trinajstić information content (AvgIpc) is 2.66. The highest BCUT2D eigenvalue weighted by Gasteiger charge is 2.12. The second-order valence-corrected chi connectivity index (χ2v) is 7.80. The van der Waals surface area contributed by atoms with Crippen molar-refractivity contribution in [3.63, 3.8) is 0 Å². The highest BCUT2D eigenvalue weighted by atomic mass is 32.2. The lowest BCUT2D eigenvalue weighted by atomic mass is 10.1. The van der Waals surface area contributed by atoms with Crippen molar-refractivity contribution in [1.29, 1.82) is 0 Å². The SMILES string of the molecule is CSCCn1c(C)c(C)c2cc(CNC(C)(C)C)ccc21. The molecule has 0 saturated carbocycles. The van der Waals surface area contributed by atoms with Crippen LogP contribution in [0.2, 0.25) is 0 Å². The normalized spacial score (nSPS) is 12.3. The molecule has 0 spiro atoms. The van der Waals surface area contributed by atoms with Crippen LogP contribution in [-0.4, -0.2) is 22.1 Å². The van der Waals surface area contributed by atoms with Gasteiger partial charge in [-0.25, -0.2) is 0 Å². The highest BCUT2D eigenvalue weighted by Crippen LogP contribution is 2.26. The molecular weight excluding hydrogens is 276 g/mol. The smallest absolute Gasteiger partial charge is 0.0485 e. The van der Waals surface area contributed by atoms with Gasteiger partial charge in [-0.3, -0.25) is 0 Å². The van der Waals surface area contributed by atoms with Crippen LogP contribution in [0.3, 0.4) is 0 Å². The Morgan fingerprint density at radius 2 is 1.90 bits per heavy atom. The molecule has 0 unspecified atom stereocenters. The van der Waals surface area contributed by atoms with E-state index < -0.39 is 0 Å². The molecule has 1 aromatic carbocycles. The quantitative estimate of drug-likeness (QED) is 0.875. The van der Waals surface area contributed by atoms with Gasteiger partial charge in [-0.15, -0.1) is 0 Å². The van der Waals surface area contributed by atoms with E-state index in [9.17, 15) is 0 Å². The zero-order valence-corrected chi connectivity index (χ0v) is 15.0. The average molecular weight is 305 g/mol. The van der Waals surface area contributed by atoms with Gasteiger partial charge in [0.15, 0.2) is 0 Å². The van der Waals surface area contributed by atoms with Crippen LogP contribution >= 0.6 is 11.8 Å². The third kappa shape index (κ3) is 3.83.